The van der Waals surface area contributed by atoms with Crippen LogP contribution in [0.25, 0.3) is 33.2 Å². The Morgan fingerprint density at radius 3 is 1.93 bits per heavy atom. The smallest absolute Gasteiger partial charge is 0.345 e. The van der Waals surface area contributed by atoms with Crippen molar-refractivity contribution < 1.29 is 19.1 Å². The third-order valence-electron chi connectivity index (χ3n) is 7.18. The number of fused-ring (bicyclic) bond motifs is 1. The second-order valence-electron chi connectivity index (χ2n) is 10.0. The molecule has 6 heteroatoms. The molecule has 5 aromatic carbocycles. The molecule has 1 aromatic heterocycles. The van der Waals surface area contributed by atoms with Gasteiger partial charge in [0.2, 0.25) is 0 Å². The zero-order valence-corrected chi connectivity index (χ0v) is 25.6. The van der Waals surface area contributed by atoms with Crippen molar-refractivity contribution in [3.05, 3.63) is 147 Å². The van der Waals surface area contributed by atoms with E-state index in [0.717, 1.165) is 44.5 Å². The normalized spacial score (nSPS) is 11.9. The summed E-state index contributed by atoms with van der Waals surface area (Å²) in [6.45, 7) is 0. The summed E-state index contributed by atoms with van der Waals surface area (Å²) in [6.07, 6.45) is -0.0667. The fraction of sp³-hybridized carbons (Fsp3) is 0.0833. The number of furan rings is 1. The standard InChI is InChI=1S/C36H26Br2O4/c37-29-21-27(22-30(38)35(29)42-33(36(39)40)20-24-11-5-2-6-12-24)25-15-17-26(18-16-25)34-28-13-7-8-14-31(28)41-32(34)19-23-9-3-1-4-10-23/h1-18,21-22,33H,19-20H2,(H,39,40)/t33-/m1/s1. The number of halogens is 2. The van der Waals surface area contributed by atoms with Crippen molar-refractivity contribution in [2.75, 3.05) is 0 Å². The predicted octanol–water partition coefficient (Wildman–Crippen LogP) is 9.96. The summed E-state index contributed by atoms with van der Waals surface area (Å²) in [6, 6.07) is 40.3. The van der Waals surface area contributed by atoms with Crippen molar-refractivity contribution in [2.24, 2.45) is 0 Å². The molecule has 0 aliphatic rings. The molecular formula is C36H26Br2O4. The summed E-state index contributed by atoms with van der Waals surface area (Å²) in [5.74, 6) is 0.371. The van der Waals surface area contributed by atoms with E-state index in [1.165, 1.54) is 5.56 Å². The Labute approximate surface area is 260 Å². The van der Waals surface area contributed by atoms with E-state index in [-0.39, 0.29) is 6.42 Å². The van der Waals surface area contributed by atoms with Crippen LogP contribution in [0.15, 0.2) is 135 Å². The zero-order chi connectivity index (χ0) is 29.1. The van der Waals surface area contributed by atoms with Crippen LogP contribution in [-0.4, -0.2) is 17.2 Å². The molecule has 1 atom stereocenters. The van der Waals surface area contributed by atoms with Gasteiger partial charge in [-0.25, -0.2) is 4.79 Å². The number of hydrogen-bond acceptors (Lipinski definition) is 3. The Bertz CT molecular complexity index is 1820. The molecule has 0 radical (unpaired) electrons. The van der Waals surface area contributed by atoms with E-state index in [1.54, 1.807) is 0 Å². The molecule has 0 aliphatic heterocycles. The lowest BCUT2D eigenvalue weighted by Gasteiger charge is -2.18. The summed E-state index contributed by atoms with van der Waals surface area (Å²) in [5, 5.41) is 10.9. The van der Waals surface area contributed by atoms with Gasteiger partial charge in [-0.05, 0) is 77.9 Å². The molecule has 1 N–H and O–H groups in total. The molecule has 1 heterocycles. The van der Waals surface area contributed by atoms with Gasteiger partial charge in [-0.3, -0.25) is 0 Å². The Kier molecular flexibility index (Phi) is 8.27. The number of carbonyl (C=O) groups is 1. The summed E-state index contributed by atoms with van der Waals surface area (Å²) in [7, 11) is 0. The second-order valence-corrected chi connectivity index (χ2v) is 11.7. The number of rotatable bonds is 9. The van der Waals surface area contributed by atoms with E-state index in [1.807, 2.05) is 78.9 Å². The van der Waals surface area contributed by atoms with E-state index in [0.29, 0.717) is 21.1 Å². The third kappa shape index (κ3) is 6.06. The van der Waals surface area contributed by atoms with Gasteiger partial charge in [0, 0.05) is 23.8 Å². The van der Waals surface area contributed by atoms with Crippen LogP contribution in [0.1, 0.15) is 16.9 Å². The number of carboxylic acid groups (broad SMARTS) is 1. The molecule has 0 saturated carbocycles. The molecule has 6 rings (SSSR count). The van der Waals surface area contributed by atoms with Crippen LogP contribution >= 0.6 is 31.9 Å². The Hall–Kier alpha value is -4.13. The van der Waals surface area contributed by atoms with E-state index in [4.69, 9.17) is 9.15 Å². The van der Waals surface area contributed by atoms with E-state index in [2.05, 4.69) is 74.3 Å². The van der Waals surface area contributed by atoms with Gasteiger partial charge in [0.05, 0.1) is 8.95 Å². The average molecular weight is 682 g/mol. The van der Waals surface area contributed by atoms with Gasteiger partial charge in [0.15, 0.2) is 6.10 Å². The Balaban J connectivity index is 1.28. The molecule has 4 nitrogen and oxygen atoms in total. The largest absolute Gasteiger partial charge is 0.478 e. The number of para-hydroxylation sites is 1. The van der Waals surface area contributed by atoms with Crippen LogP contribution in [0, 0.1) is 0 Å². The van der Waals surface area contributed by atoms with E-state index in [9.17, 15) is 9.90 Å². The fourth-order valence-electron chi connectivity index (χ4n) is 5.14. The van der Waals surface area contributed by atoms with Gasteiger partial charge in [0.1, 0.15) is 17.1 Å². The first kappa shape index (κ1) is 28.0. The van der Waals surface area contributed by atoms with E-state index < -0.39 is 12.1 Å². The predicted molar refractivity (Wildman–Crippen MR) is 174 cm³/mol. The maximum atomic E-state index is 12.0. The molecule has 0 aliphatic carbocycles. The van der Waals surface area contributed by atoms with Crippen LogP contribution in [0.5, 0.6) is 5.75 Å². The quantitative estimate of drug-likeness (QED) is 0.165. The minimum atomic E-state index is -1.03. The summed E-state index contributed by atoms with van der Waals surface area (Å²) in [4.78, 5) is 12.0. The summed E-state index contributed by atoms with van der Waals surface area (Å²) >= 11 is 7.22. The van der Waals surface area contributed by atoms with Gasteiger partial charge in [-0.1, -0.05) is 103 Å². The van der Waals surface area contributed by atoms with Crippen LogP contribution in [0.3, 0.4) is 0 Å². The minimum Gasteiger partial charge on any atom is -0.478 e. The van der Waals surface area contributed by atoms with Gasteiger partial charge in [-0.15, -0.1) is 0 Å². The topological polar surface area (TPSA) is 59.7 Å². The highest BCUT2D eigenvalue weighted by atomic mass is 79.9. The monoisotopic (exact) mass is 680 g/mol. The highest BCUT2D eigenvalue weighted by molar-refractivity contribution is 9.11. The number of hydrogen-bond donors (Lipinski definition) is 1. The third-order valence-corrected chi connectivity index (χ3v) is 8.36. The number of benzene rings is 5. The van der Waals surface area contributed by atoms with Crippen molar-refractivity contribution in [1.29, 1.82) is 0 Å². The molecule has 208 valence electrons. The molecule has 0 spiro atoms. The molecule has 42 heavy (non-hydrogen) atoms. The van der Waals surface area contributed by atoms with Crippen molar-refractivity contribution >= 4 is 48.8 Å². The lowest BCUT2D eigenvalue weighted by molar-refractivity contribution is -0.145. The van der Waals surface area contributed by atoms with Gasteiger partial charge >= 0.3 is 5.97 Å². The SMILES string of the molecule is O=C(O)[C@@H](Cc1ccccc1)Oc1c(Br)cc(-c2ccc(-c3c(Cc4ccccc4)oc4ccccc34)cc2)cc1Br. The fourth-order valence-corrected chi connectivity index (χ4v) is 6.51. The maximum Gasteiger partial charge on any atom is 0.345 e. The van der Waals surface area contributed by atoms with Crippen molar-refractivity contribution in [1.82, 2.24) is 0 Å². The van der Waals surface area contributed by atoms with Crippen molar-refractivity contribution in [3.63, 3.8) is 0 Å². The first-order chi connectivity index (χ1) is 20.5. The minimum absolute atomic E-state index is 0.257. The summed E-state index contributed by atoms with van der Waals surface area (Å²) < 4.78 is 13.7. The number of carboxylic acids is 1. The molecule has 0 saturated heterocycles. The first-order valence-corrected chi connectivity index (χ1v) is 15.1. The lowest BCUT2D eigenvalue weighted by Crippen LogP contribution is -2.29. The van der Waals surface area contributed by atoms with Gasteiger partial charge in [0.25, 0.3) is 0 Å². The molecule has 0 amide bonds. The van der Waals surface area contributed by atoms with Crippen molar-refractivity contribution in [2.45, 2.75) is 18.9 Å². The van der Waals surface area contributed by atoms with Gasteiger partial charge < -0.3 is 14.3 Å². The van der Waals surface area contributed by atoms with Crippen LogP contribution in [-0.2, 0) is 17.6 Å². The van der Waals surface area contributed by atoms with Crippen LogP contribution in [0.4, 0.5) is 0 Å². The lowest BCUT2D eigenvalue weighted by atomic mass is 9.96. The van der Waals surface area contributed by atoms with Crippen LogP contribution < -0.4 is 4.74 Å². The molecule has 0 unspecified atom stereocenters. The molecule has 0 fully saturated rings. The van der Waals surface area contributed by atoms with Gasteiger partial charge in [-0.2, -0.15) is 0 Å². The zero-order valence-electron chi connectivity index (χ0n) is 22.5. The van der Waals surface area contributed by atoms with Crippen molar-refractivity contribution in [3.8, 4) is 28.0 Å². The average Bonchev–Trinajstić information content (AvgIpc) is 3.37. The number of ether oxygens (including phenoxy) is 1. The Morgan fingerprint density at radius 2 is 1.29 bits per heavy atom. The highest BCUT2D eigenvalue weighted by Gasteiger charge is 2.23. The molecule has 0 bridgehead atoms. The molecular weight excluding hydrogens is 656 g/mol. The van der Waals surface area contributed by atoms with E-state index >= 15 is 0 Å². The maximum absolute atomic E-state index is 12.0. The van der Waals surface area contributed by atoms with Crippen LogP contribution in [0.2, 0.25) is 0 Å². The number of aliphatic carboxylic acids is 1. The second kappa shape index (κ2) is 12.4. The highest BCUT2D eigenvalue weighted by Crippen LogP contribution is 2.40. The Morgan fingerprint density at radius 1 is 0.714 bits per heavy atom. The molecule has 6 aromatic rings. The first-order valence-electron chi connectivity index (χ1n) is 13.5. The summed E-state index contributed by atoms with van der Waals surface area (Å²) in [5.41, 5.74) is 7.12.